The van der Waals surface area contributed by atoms with E-state index in [0.29, 0.717) is 18.4 Å². The normalized spacial score (nSPS) is 12.4. The summed E-state index contributed by atoms with van der Waals surface area (Å²) < 4.78 is 0. The highest BCUT2D eigenvalue weighted by Crippen LogP contribution is 2.08. The lowest BCUT2D eigenvalue weighted by atomic mass is 10.0. The number of rotatable bonds is 9. The Morgan fingerprint density at radius 3 is 1.77 bits per heavy atom. The number of benzene rings is 2. The molecule has 0 aliphatic carbocycles. The van der Waals surface area contributed by atoms with E-state index in [-0.39, 0.29) is 11.7 Å². The first-order chi connectivity index (χ1) is 15.0. The lowest BCUT2D eigenvalue weighted by Gasteiger charge is -2.22. The molecule has 0 radical (unpaired) electrons. The van der Waals surface area contributed by atoms with E-state index in [1.807, 2.05) is 60.7 Å². The summed E-state index contributed by atoms with van der Waals surface area (Å²) in [5.41, 5.74) is 2.26. The van der Waals surface area contributed by atoms with Gasteiger partial charge in [0.25, 0.3) is 5.91 Å². The van der Waals surface area contributed by atoms with Crippen LogP contribution in [0.3, 0.4) is 0 Å². The van der Waals surface area contributed by atoms with E-state index in [9.17, 15) is 14.4 Å². The number of aromatic nitrogens is 1. The molecule has 0 saturated carbocycles. The molecule has 6 heteroatoms. The van der Waals surface area contributed by atoms with Gasteiger partial charge in [0.2, 0.25) is 5.91 Å². The lowest BCUT2D eigenvalue weighted by molar-refractivity contribution is -0.128. The Morgan fingerprint density at radius 1 is 0.742 bits per heavy atom. The van der Waals surface area contributed by atoms with Crippen LogP contribution in [0, 0.1) is 0 Å². The fourth-order valence-electron chi connectivity index (χ4n) is 3.22. The zero-order valence-electron chi connectivity index (χ0n) is 17.3. The molecule has 0 bridgehead atoms. The topological polar surface area (TPSA) is 88.2 Å². The van der Waals surface area contributed by atoms with Crippen molar-refractivity contribution in [3.05, 3.63) is 102 Å². The molecule has 0 aliphatic heterocycles. The van der Waals surface area contributed by atoms with Crippen LogP contribution in [0.4, 0.5) is 0 Å². The van der Waals surface area contributed by atoms with E-state index in [1.54, 1.807) is 12.1 Å². The van der Waals surface area contributed by atoms with Crippen molar-refractivity contribution < 1.29 is 14.4 Å². The van der Waals surface area contributed by atoms with Crippen molar-refractivity contribution in [3.8, 4) is 0 Å². The number of nitrogens with zero attached hydrogens (tertiary/aromatic N) is 1. The van der Waals surface area contributed by atoms with Gasteiger partial charge in [-0.05, 0) is 36.6 Å². The second-order valence-corrected chi connectivity index (χ2v) is 7.31. The number of amides is 2. The highest BCUT2D eigenvalue weighted by atomic mass is 16.2. The van der Waals surface area contributed by atoms with Crippen LogP contribution in [-0.4, -0.2) is 34.7 Å². The number of carbonyl (C=O) groups excluding carboxylic acids is 3. The van der Waals surface area contributed by atoms with Crippen LogP contribution in [-0.2, 0) is 22.4 Å². The maximum atomic E-state index is 13.1. The van der Waals surface area contributed by atoms with Crippen molar-refractivity contribution in [1.29, 1.82) is 0 Å². The molecule has 0 aliphatic rings. The molecular weight excluding hydrogens is 390 g/mol. The predicted octanol–water partition coefficient (Wildman–Crippen LogP) is 2.74. The standard InChI is InChI=1S/C25H25N3O3/c1-18(29)22(16-19-8-4-2-5-9-19)27-25(31)23(17-20-10-6-3-7-11-20)28-24(30)21-12-14-26-15-13-21/h2-15,22-23H,16-17H2,1H3,(H,27,31)(H,28,30)/t22-,23?/m0/s1. The average molecular weight is 415 g/mol. The molecule has 158 valence electrons. The Morgan fingerprint density at radius 2 is 1.26 bits per heavy atom. The molecule has 2 amide bonds. The molecule has 6 nitrogen and oxygen atoms in total. The fourth-order valence-corrected chi connectivity index (χ4v) is 3.22. The molecule has 2 N–H and O–H groups in total. The Bertz CT molecular complexity index is 1010. The summed E-state index contributed by atoms with van der Waals surface area (Å²) in [6.45, 7) is 1.45. The van der Waals surface area contributed by atoms with Gasteiger partial charge < -0.3 is 10.6 Å². The number of carbonyl (C=O) groups is 3. The predicted molar refractivity (Wildman–Crippen MR) is 118 cm³/mol. The molecule has 1 aromatic heterocycles. The minimum atomic E-state index is -0.833. The Labute approximate surface area is 181 Å². The molecule has 1 unspecified atom stereocenters. The largest absolute Gasteiger partial charge is 0.344 e. The van der Waals surface area contributed by atoms with Crippen LogP contribution in [0.1, 0.15) is 28.4 Å². The van der Waals surface area contributed by atoms with Gasteiger partial charge in [-0.2, -0.15) is 0 Å². The van der Waals surface area contributed by atoms with Gasteiger partial charge >= 0.3 is 0 Å². The average Bonchev–Trinajstić information content (AvgIpc) is 2.80. The number of ketones is 1. The third kappa shape index (κ3) is 6.60. The van der Waals surface area contributed by atoms with Crippen molar-refractivity contribution in [1.82, 2.24) is 15.6 Å². The third-order valence-electron chi connectivity index (χ3n) is 4.94. The summed E-state index contributed by atoms with van der Waals surface area (Å²) in [6, 6.07) is 20.6. The molecule has 0 spiro atoms. The minimum Gasteiger partial charge on any atom is -0.344 e. The quantitative estimate of drug-likeness (QED) is 0.563. The van der Waals surface area contributed by atoms with Gasteiger partial charge in [0, 0.05) is 24.4 Å². The van der Waals surface area contributed by atoms with Crippen molar-refractivity contribution in [2.75, 3.05) is 0 Å². The molecule has 3 aromatic rings. The molecule has 31 heavy (non-hydrogen) atoms. The monoisotopic (exact) mass is 415 g/mol. The maximum Gasteiger partial charge on any atom is 0.252 e. The van der Waals surface area contributed by atoms with Crippen molar-refractivity contribution >= 4 is 17.6 Å². The van der Waals surface area contributed by atoms with Gasteiger partial charge in [-0.15, -0.1) is 0 Å². The van der Waals surface area contributed by atoms with Gasteiger partial charge in [0.15, 0.2) is 5.78 Å². The highest BCUT2D eigenvalue weighted by molar-refractivity contribution is 5.98. The zero-order chi connectivity index (χ0) is 22.1. The minimum absolute atomic E-state index is 0.142. The van der Waals surface area contributed by atoms with E-state index in [2.05, 4.69) is 15.6 Å². The molecule has 0 saturated heterocycles. The van der Waals surface area contributed by atoms with E-state index in [4.69, 9.17) is 0 Å². The number of hydrogen-bond donors (Lipinski definition) is 2. The number of pyridine rings is 1. The van der Waals surface area contributed by atoms with Crippen LogP contribution in [0.25, 0.3) is 0 Å². The van der Waals surface area contributed by atoms with Gasteiger partial charge in [-0.25, -0.2) is 0 Å². The van der Waals surface area contributed by atoms with Gasteiger partial charge in [-0.1, -0.05) is 60.7 Å². The lowest BCUT2D eigenvalue weighted by Crippen LogP contribution is -2.52. The van der Waals surface area contributed by atoms with Gasteiger partial charge in [0.05, 0.1) is 6.04 Å². The highest BCUT2D eigenvalue weighted by Gasteiger charge is 2.26. The van der Waals surface area contributed by atoms with E-state index in [1.165, 1.54) is 19.3 Å². The first-order valence-corrected chi connectivity index (χ1v) is 10.1. The summed E-state index contributed by atoms with van der Waals surface area (Å²) in [7, 11) is 0. The zero-order valence-corrected chi connectivity index (χ0v) is 17.3. The van der Waals surface area contributed by atoms with Crippen molar-refractivity contribution in [3.63, 3.8) is 0 Å². The summed E-state index contributed by atoms with van der Waals surface area (Å²) in [5, 5.41) is 5.63. The number of Topliss-reactive ketones (excluding diaryl/α,β-unsaturated/α-hetero) is 1. The van der Waals surface area contributed by atoms with E-state index in [0.717, 1.165) is 11.1 Å². The number of nitrogens with one attached hydrogen (secondary N) is 2. The molecule has 1 heterocycles. The van der Waals surface area contributed by atoms with Crippen LogP contribution < -0.4 is 10.6 Å². The summed E-state index contributed by atoms with van der Waals surface area (Å²) in [4.78, 5) is 41.9. The Hall–Kier alpha value is -3.80. The van der Waals surface area contributed by atoms with Crippen LogP contribution in [0.5, 0.6) is 0 Å². The van der Waals surface area contributed by atoms with Gasteiger partial charge in [-0.3, -0.25) is 19.4 Å². The molecular formula is C25H25N3O3. The summed E-state index contributed by atoms with van der Waals surface area (Å²) >= 11 is 0. The van der Waals surface area contributed by atoms with Crippen molar-refractivity contribution in [2.45, 2.75) is 31.8 Å². The molecule has 2 atom stereocenters. The van der Waals surface area contributed by atoms with E-state index >= 15 is 0 Å². The third-order valence-corrected chi connectivity index (χ3v) is 4.94. The van der Waals surface area contributed by atoms with Crippen LogP contribution in [0.2, 0.25) is 0 Å². The SMILES string of the molecule is CC(=O)[C@H](Cc1ccccc1)NC(=O)C(Cc1ccccc1)NC(=O)c1ccncc1. The maximum absolute atomic E-state index is 13.1. The molecule has 0 fully saturated rings. The van der Waals surface area contributed by atoms with E-state index < -0.39 is 18.0 Å². The van der Waals surface area contributed by atoms with Crippen molar-refractivity contribution in [2.24, 2.45) is 0 Å². The Kier molecular flexibility index (Phi) is 7.65. The Balaban J connectivity index is 1.76. The smallest absolute Gasteiger partial charge is 0.252 e. The fraction of sp³-hybridized carbons (Fsp3) is 0.200. The second kappa shape index (κ2) is 10.8. The summed E-state index contributed by atoms with van der Waals surface area (Å²) in [6.07, 6.45) is 3.73. The van der Waals surface area contributed by atoms with Crippen LogP contribution >= 0.6 is 0 Å². The summed E-state index contributed by atoms with van der Waals surface area (Å²) in [5.74, 6) is -0.917. The van der Waals surface area contributed by atoms with Gasteiger partial charge in [0.1, 0.15) is 6.04 Å². The van der Waals surface area contributed by atoms with Crippen LogP contribution in [0.15, 0.2) is 85.2 Å². The number of hydrogen-bond acceptors (Lipinski definition) is 4. The molecule has 2 aromatic carbocycles. The first kappa shape index (κ1) is 21.9. The second-order valence-electron chi connectivity index (χ2n) is 7.31. The first-order valence-electron chi connectivity index (χ1n) is 10.1. The molecule has 3 rings (SSSR count).